The molecule has 0 amide bonds. The minimum absolute atomic E-state index is 0.226. The second-order valence-electron chi connectivity index (χ2n) is 6.28. The number of nitrogens with zero attached hydrogens (tertiary/aromatic N) is 2. The molecule has 1 heterocycles. The number of allylic oxidation sites excluding steroid dienone is 1. The number of benzene rings is 3. The van der Waals surface area contributed by atoms with E-state index in [1.807, 2.05) is 67.6 Å². The lowest BCUT2D eigenvalue weighted by molar-refractivity contribution is 0.336. The van der Waals surface area contributed by atoms with Crippen molar-refractivity contribution in [2.45, 2.75) is 12.8 Å². The first-order valence-electron chi connectivity index (χ1n) is 8.97. The van der Waals surface area contributed by atoms with Crippen LogP contribution < -0.4 is 4.74 Å². The van der Waals surface area contributed by atoms with E-state index in [1.54, 1.807) is 0 Å². The van der Waals surface area contributed by atoms with Gasteiger partial charge in [-0.25, -0.2) is 0 Å². The number of nitriles is 1. The molecule has 1 unspecified atom stereocenters. The first kappa shape index (κ1) is 18.1. The number of rotatable bonds is 4. The van der Waals surface area contributed by atoms with Gasteiger partial charge < -0.3 is 9.47 Å². The molecule has 0 bridgehead atoms. The standard InChI is InChI=1S/C23H17ClN2O2/c1-2-27-14-26-23-18(13-25)21(17-9-5-6-10-19(17)24)22-16-8-4-3-7-15(16)11-12-20(22)28-23/h3-12,14,21H,2H2,1H3/b26-14+. The van der Waals surface area contributed by atoms with Crippen molar-refractivity contribution in [2.24, 2.45) is 4.99 Å². The van der Waals surface area contributed by atoms with Crippen molar-refractivity contribution < 1.29 is 9.47 Å². The van der Waals surface area contributed by atoms with Gasteiger partial charge in [0.05, 0.1) is 12.5 Å². The Bertz CT molecular complexity index is 1140. The van der Waals surface area contributed by atoms with Crippen molar-refractivity contribution >= 4 is 28.8 Å². The molecule has 3 aromatic rings. The highest BCUT2D eigenvalue weighted by Gasteiger charge is 2.34. The lowest BCUT2D eigenvalue weighted by atomic mass is 9.81. The average Bonchev–Trinajstić information content (AvgIpc) is 2.73. The Balaban J connectivity index is 2.02. The first-order valence-corrected chi connectivity index (χ1v) is 9.34. The van der Waals surface area contributed by atoms with Crippen molar-refractivity contribution in [3.05, 3.63) is 88.3 Å². The Morgan fingerprint density at radius 3 is 2.71 bits per heavy atom. The molecule has 4 nitrogen and oxygen atoms in total. The van der Waals surface area contributed by atoms with Crippen LogP contribution in [0.2, 0.25) is 5.02 Å². The molecule has 0 saturated heterocycles. The van der Waals surface area contributed by atoms with Gasteiger partial charge in [0.15, 0.2) is 6.40 Å². The van der Waals surface area contributed by atoms with E-state index >= 15 is 0 Å². The van der Waals surface area contributed by atoms with E-state index < -0.39 is 0 Å². The van der Waals surface area contributed by atoms with E-state index in [2.05, 4.69) is 11.1 Å². The minimum atomic E-state index is -0.387. The van der Waals surface area contributed by atoms with E-state index in [9.17, 15) is 5.26 Å². The van der Waals surface area contributed by atoms with Crippen LogP contribution in [-0.4, -0.2) is 13.0 Å². The Kier molecular flexibility index (Phi) is 5.01. The molecule has 0 spiro atoms. The summed E-state index contributed by atoms with van der Waals surface area (Å²) in [6.45, 7) is 2.34. The van der Waals surface area contributed by atoms with E-state index in [0.29, 0.717) is 23.0 Å². The van der Waals surface area contributed by atoms with E-state index in [-0.39, 0.29) is 11.8 Å². The third-order valence-electron chi connectivity index (χ3n) is 4.69. The van der Waals surface area contributed by atoms with Crippen LogP contribution in [0.3, 0.4) is 0 Å². The number of halogens is 1. The van der Waals surface area contributed by atoms with Crippen molar-refractivity contribution in [3.63, 3.8) is 0 Å². The topological polar surface area (TPSA) is 54.6 Å². The maximum atomic E-state index is 9.99. The summed E-state index contributed by atoms with van der Waals surface area (Å²) in [5.74, 6) is 0.497. The molecule has 1 aliphatic rings. The zero-order valence-electron chi connectivity index (χ0n) is 15.2. The number of hydrogen-bond acceptors (Lipinski definition) is 4. The average molecular weight is 389 g/mol. The molecule has 4 rings (SSSR count). The van der Waals surface area contributed by atoms with Gasteiger partial charge in [0.25, 0.3) is 0 Å². The normalized spacial score (nSPS) is 16.0. The van der Waals surface area contributed by atoms with Crippen molar-refractivity contribution in [1.29, 1.82) is 5.26 Å². The lowest BCUT2D eigenvalue weighted by Crippen LogP contribution is -2.16. The smallest absolute Gasteiger partial charge is 0.236 e. The van der Waals surface area contributed by atoms with Crippen LogP contribution in [0.4, 0.5) is 0 Å². The van der Waals surface area contributed by atoms with Gasteiger partial charge >= 0.3 is 0 Å². The molecular weight excluding hydrogens is 372 g/mol. The number of aliphatic imine (C=N–C) groups is 1. The summed E-state index contributed by atoms with van der Waals surface area (Å²) in [5, 5.41) is 12.7. The summed E-state index contributed by atoms with van der Waals surface area (Å²) in [6.07, 6.45) is 1.31. The molecule has 1 atom stereocenters. The van der Waals surface area contributed by atoms with Crippen molar-refractivity contribution in [2.75, 3.05) is 6.61 Å². The van der Waals surface area contributed by atoms with E-state index in [0.717, 1.165) is 21.9 Å². The fraction of sp³-hybridized carbons (Fsp3) is 0.130. The van der Waals surface area contributed by atoms with Crippen LogP contribution in [0.1, 0.15) is 24.0 Å². The van der Waals surface area contributed by atoms with Gasteiger partial charge in [0.1, 0.15) is 17.4 Å². The minimum Gasteiger partial charge on any atom is -0.483 e. The van der Waals surface area contributed by atoms with Gasteiger partial charge in [-0.15, -0.1) is 0 Å². The van der Waals surface area contributed by atoms with Crippen LogP contribution >= 0.6 is 11.6 Å². The third-order valence-corrected chi connectivity index (χ3v) is 5.04. The second-order valence-corrected chi connectivity index (χ2v) is 6.68. The molecule has 0 saturated carbocycles. The molecule has 0 aromatic heterocycles. The Hall–Kier alpha value is -3.29. The fourth-order valence-corrected chi connectivity index (χ4v) is 3.72. The predicted octanol–water partition coefficient (Wildman–Crippen LogP) is 5.82. The van der Waals surface area contributed by atoms with Gasteiger partial charge in [0.2, 0.25) is 5.88 Å². The molecule has 5 heteroatoms. The number of hydrogen-bond donors (Lipinski definition) is 0. The van der Waals surface area contributed by atoms with Crippen LogP contribution in [0.5, 0.6) is 5.75 Å². The molecule has 28 heavy (non-hydrogen) atoms. The van der Waals surface area contributed by atoms with Crippen molar-refractivity contribution in [3.8, 4) is 11.8 Å². The van der Waals surface area contributed by atoms with Gasteiger partial charge in [-0.05, 0) is 35.4 Å². The zero-order chi connectivity index (χ0) is 19.5. The molecule has 0 aliphatic carbocycles. The van der Waals surface area contributed by atoms with Crippen LogP contribution in [0.25, 0.3) is 10.8 Å². The summed E-state index contributed by atoms with van der Waals surface area (Å²) < 4.78 is 11.2. The van der Waals surface area contributed by atoms with Gasteiger partial charge in [-0.3, -0.25) is 0 Å². The highest BCUT2D eigenvalue weighted by atomic mass is 35.5. The zero-order valence-corrected chi connectivity index (χ0v) is 16.0. The Labute approximate surface area is 168 Å². The molecule has 0 fully saturated rings. The van der Waals surface area contributed by atoms with Crippen LogP contribution in [0, 0.1) is 11.3 Å². The summed E-state index contributed by atoms with van der Waals surface area (Å²) in [4.78, 5) is 4.25. The first-order chi connectivity index (χ1) is 13.7. The molecule has 0 N–H and O–H groups in total. The highest BCUT2D eigenvalue weighted by Crippen LogP contribution is 2.47. The largest absolute Gasteiger partial charge is 0.483 e. The fourth-order valence-electron chi connectivity index (χ4n) is 3.48. The Morgan fingerprint density at radius 2 is 1.93 bits per heavy atom. The van der Waals surface area contributed by atoms with Crippen LogP contribution in [-0.2, 0) is 4.74 Å². The highest BCUT2D eigenvalue weighted by molar-refractivity contribution is 6.31. The maximum Gasteiger partial charge on any atom is 0.236 e. The van der Waals surface area contributed by atoms with Gasteiger partial charge in [-0.1, -0.05) is 60.1 Å². The summed E-state index contributed by atoms with van der Waals surface area (Å²) in [6, 6.07) is 21.8. The number of fused-ring (bicyclic) bond motifs is 3. The second kappa shape index (κ2) is 7.75. The summed E-state index contributed by atoms with van der Waals surface area (Å²) >= 11 is 6.54. The van der Waals surface area contributed by atoms with E-state index in [4.69, 9.17) is 21.1 Å². The quantitative estimate of drug-likeness (QED) is 0.418. The van der Waals surface area contributed by atoms with Gasteiger partial charge in [-0.2, -0.15) is 10.3 Å². The molecule has 0 radical (unpaired) electrons. The molecular formula is C23H17ClN2O2. The summed E-state index contributed by atoms with van der Waals surface area (Å²) in [5.41, 5.74) is 2.15. The SMILES string of the molecule is CCO/C=N/C1=C(C#N)C(c2ccccc2Cl)c2c(ccc3ccccc23)O1. The van der Waals surface area contributed by atoms with Gasteiger partial charge in [0, 0.05) is 10.6 Å². The molecule has 3 aromatic carbocycles. The Morgan fingerprint density at radius 1 is 1.14 bits per heavy atom. The predicted molar refractivity (Wildman–Crippen MR) is 111 cm³/mol. The molecule has 138 valence electrons. The van der Waals surface area contributed by atoms with Crippen molar-refractivity contribution in [1.82, 2.24) is 0 Å². The summed E-state index contributed by atoms with van der Waals surface area (Å²) in [7, 11) is 0. The third kappa shape index (κ3) is 3.11. The number of ether oxygens (including phenoxy) is 2. The van der Waals surface area contributed by atoms with Crippen LogP contribution in [0.15, 0.2) is 77.1 Å². The maximum absolute atomic E-state index is 9.99. The monoisotopic (exact) mass is 388 g/mol. The molecule has 1 aliphatic heterocycles. The van der Waals surface area contributed by atoms with E-state index in [1.165, 1.54) is 6.40 Å². The lowest BCUT2D eigenvalue weighted by Gasteiger charge is -2.28.